The number of hydrogen-bond acceptors (Lipinski definition) is 5. The van der Waals surface area contributed by atoms with Gasteiger partial charge in [0.25, 0.3) is 11.7 Å². The van der Waals surface area contributed by atoms with Crippen LogP contribution in [-0.2, 0) is 16.0 Å². The van der Waals surface area contributed by atoms with E-state index in [9.17, 15) is 14.7 Å². The lowest BCUT2D eigenvalue weighted by Crippen LogP contribution is -2.31. The van der Waals surface area contributed by atoms with Gasteiger partial charge in [-0.2, -0.15) is 0 Å². The van der Waals surface area contributed by atoms with Crippen molar-refractivity contribution in [3.63, 3.8) is 0 Å². The average Bonchev–Trinajstić information content (AvgIpc) is 3.12. The summed E-state index contributed by atoms with van der Waals surface area (Å²) < 4.78 is 12.1. The van der Waals surface area contributed by atoms with Crippen molar-refractivity contribution >= 4 is 33.4 Å². The molecule has 1 unspecified atom stereocenters. The Bertz CT molecular complexity index is 1270. The minimum atomic E-state index is -0.704. The summed E-state index contributed by atoms with van der Waals surface area (Å²) >= 11 is 3.44. The topological polar surface area (TPSA) is 76.1 Å². The van der Waals surface area contributed by atoms with Crippen molar-refractivity contribution in [1.82, 2.24) is 4.90 Å². The van der Waals surface area contributed by atoms with Crippen molar-refractivity contribution in [2.75, 3.05) is 19.8 Å². The third-order valence-electron chi connectivity index (χ3n) is 6.03. The maximum atomic E-state index is 13.2. The maximum absolute atomic E-state index is 13.2. The van der Waals surface area contributed by atoms with Gasteiger partial charge < -0.3 is 19.5 Å². The SMILES string of the molecule is O=C1C(=O)N(CCc2ccccc2)C(c2ccc(Br)cc2)/C1=C(\O)c1ccc2c(c1)OCCO2. The Balaban J connectivity index is 1.57. The van der Waals surface area contributed by atoms with Crippen LogP contribution in [0.5, 0.6) is 11.5 Å². The molecule has 1 fully saturated rings. The van der Waals surface area contributed by atoms with Gasteiger partial charge in [0.2, 0.25) is 0 Å². The van der Waals surface area contributed by atoms with Crippen LogP contribution in [0.25, 0.3) is 5.76 Å². The fourth-order valence-corrected chi connectivity index (χ4v) is 4.61. The Kier molecular flexibility index (Phi) is 6.11. The average molecular weight is 520 g/mol. The fourth-order valence-electron chi connectivity index (χ4n) is 4.34. The van der Waals surface area contributed by atoms with Crippen molar-refractivity contribution in [1.29, 1.82) is 0 Å². The number of aliphatic hydroxyl groups excluding tert-OH is 1. The molecule has 0 saturated carbocycles. The van der Waals surface area contributed by atoms with Gasteiger partial charge in [-0.15, -0.1) is 0 Å². The summed E-state index contributed by atoms with van der Waals surface area (Å²) in [5.41, 5.74) is 2.27. The first-order valence-corrected chi connectivity index (χ1v) is 11.8. The molecule has 2 heterocycles. The second kappa shape index (κ2) is 9.35. The molecule has 6 nitrogen and oxygen atoms in total. The molecule has 2 aliphatic heterocycles. The fraction of sp³-hybridized carbons (Fsp3) is 0.185. The Morgan fingerprint density at radius 1 is 0.941 bits per heavy atom. The maximum Gasteiger partial charge on any atom is 0.295 e. The summed E-state index contributed by atoms with van der Waals surface area (Å²) in [6.07, 6.45) is 0.588. The first-order valence-electron chi connectivity index (χ1n) is 11.0. The third-order valence-corrected chi connectivity index (χ3v) is 6.55. The van der Waals surface area contributed by atoms with Crippen molar-refractivity contribution in [2.24, 2.45) is 0 Å². The van der Waals surface area contributed by atoms with E-state index in [1.165, 1.54) is 0 Å². The molecular weight excluding hydrogens is 498 g/mol. The summed E-state index contributed by atoms with van der Waals surface area (Å²) in [6.45, 7) is 1.20. The van der Waals surface area contributed by atoms with E-state index in [0.29, 0.717) is 43.2 Å². The Hall–Kier alpha value is -3.58. The largest absolute Gasteiger partial charge is 0.507 e. The van der Waals surface area contributed by atoms with Crippen molar-refractivity contribution < 1.29 is 24.2 Å². The smallest absolute Gasteiger partial charge is 0.295 e. The number of benzene rings is 3. The van der Waals surface area contributed by atoms with Crippen LogP contribution in [-0.4, -0.2) is 41.5 Å². The number of halogens is 1. The van der Waals surface area contributed by atoms with E-state index >= 15 is 0 Å². The van der Waals surface area contributed by atoms with Crippen LogP contribution in [0.1, 0.15) is 22.7 Å². The first-order chi connectivity index (χ1) is 16.5. The van der Waals surface area contributed by atoms with Crippen molar-refractivity contribution in [2.45, 2.75) is 12.5 Å². The number of amides is 1. The van der Waals surface area contributed by atoms with E-state index in [0.717, 1.165) is 15.6 Å². The van der Waals surface area contributed by atoms with E-state index in [1.54, 1.807) is 23.1 Å². The van der Waals surface area contributed by atoms with E-state index in [4.69, 9.17) is 9.47 Å². The lowest BCUT2D eigenvalue weighted by atomic mass is 9.95. The molecule has 34 heavy (non-hydrogen) atoms. The minimum Gasteiger partial charge on any atom is -0.507 e. The van der Waals surface area contributed by atoms with Crippen LogP contribution < -0.4 is 9.47 Å². The molecule has 1 amide bonds. The van der Waals surface area contributed by atoms with E-state index in [-0.39, 0.29) is 11.3 Å². The number of nitrogens with zero attached hydrogens (tertiary/aromatic N) is 1. The van der Waals surface area contributed by atoms with Gasteiger partial charge in [0.15, 0.2) is 11.5 Å². The molecule has 1 atom stereocenters. The molecule has 5 rings (SSSR count). The highest BCUT2D eigenvalue weighted by Gasteiger charge is 2.45. The van der Waals surface area contributed by atoms with Crippen LogP contribution >= 0.6 is 15.9 Å². The van der Waals surface area contributed by atoms with E-state index in [1.807, 2.05) is 54.6 Å². The zero-order valence-corrected chi connectivity index (χ0v) is 19.8. The van der Waals surface area contributed by atoms with Crippen LogP contribution in [0, 0.1) is 0 Å². The number of ether oxygens (including phenoxy) is 2. The lowest BCUT2D eigenvalue weighted by Gasteiger charge is -2.25. The van der Waals surface area contributed by atoms with Gasteiger partial charge in [-0.25, -0.2) is 0 Å². The predicted octanol–water partition coefficient (Wildman–Crippen LogP) is 4.88. The van der Waals surface area contributed by atoms with Gasteiger partial charge in [-0.05, 0) is 47.9 Å². The van der Waals surface area contributed by atoms with Gasteiger partial charge in [0.05, 0.1) is 11.6 Å². The zero-order valence-electron chi connectivity index (χ0n) is 18.2. The number of fused-ring (bicyclic) bond motifs is 1. The molecule has 0 radical (unpaired) electrons. The monoisotopic (exact) mass is 519 g/mol. The van der Waals surface area contributed by atoms with Crippen LogP contribution in [0.15, 0.2) is 82.8 Å². The van der Waals surface area contributed by atoms with Gasteiger partial charge in [0.1, 0.15) is 19.0 Å². The number of likely N-dealkylation sites (tertiary alicyclic amines) is 1. The molecule has 0 spiro atoms. The predicted molar refractivity (Wildman–Crippen MR) is 131 cm³/mol. The zero-order chi connectivity index (χ0) is 23.7. The third kappa shape index (κ3) is 4.19. The van der Waals surface area contributed by atoms with Crippen LogP contribution in [0.2, 0.25) is 0 Å². The molecule has 1 saturated heterocycles. The van der Waals surface area contributed by atoms with Crippen molar-refractivity contribution in [3.05, 3.63) is 99.5 Å². The molecule has 0 aromatic heterocycles. The van der Waals surface area contributed by atoms with Crippen LogP contribution in [0.4, 0.5) is 0 Å². The summed E-state index contributed by atoms with van der Waals surface area (Å²) in [5.74, 6) is -0.480. The molecule has 3 aromatic carbocycles. The highest BCUT2D eigenvalue weighted by molar-refractivity contribution is 9.10. The Labute approximate surface area is 205 Å². The molecular formula is C27H22BrNO5. The minimum absolute atomic E-state index is 0.0667. The molecule has 7 heteroatoms. The second-order valence-corrected chi connectivity index (χ2v) is 9.05. The number of carbonyl (C=O) groups excluding carboxylic acids is 2. The van der Waals surface area contributed by atoms with Gasteiger partial charge >= 0.3 is 0 Å². The number of Topliss-reactive ketones (excluding diaryl/α,β-unsaturated/α-hetero) is 1. The van der Waals surface area contributed by atoms with Gasteiger partial charge in [0, 0.05) is 16.6 Å². The summed E-state index contributed by atoms with van der Waals surface area (Å²) in [6, 6.07) is 21.5. The standard InChI is InChI=1S/C27H22BrNO5/c28-20-9-6-18(7-10-20)24-23(25(30)19-8-11-21-22(16-19)34-15-14-33-21)26(31)27(32)29(24)13-12-17-4-2-1-3-5-17/h1-11,16,24,30H,12-15H2/b25-23+. The second-order valence-electron chi connectivity index (χ2n) is 8.14. The molecule has 3 aromatic rings. The van der Waals surface area contributed by atoms with Gasteiger partial charge in [-0.1, -0.05) is 58.4 Å². The van der Waals surface area contributed by atoms with E-state index < -0.39 is 17.7 Å². The number of hydrogen-bond donors (Lipinski definition) is 1. The first kappa shape index (κ1) is 22.2. The molecule has 0 bridgehead atoms. The Morgan fingerprint density at radius 3 is 2.38 bits per heavy atom. The normalized spacial score (nSPS) is 18.9. The summed E-state index contributed by atoms with van der Waals surface area (Å²) in [5, 5.41) is 11.3. The number of aliphatic hydroxyl groups is 1. The summed E-state index contributed by atoms with van der Waals surface area (Å²) in [7, 11) is 0. The highest BCUT2D eigenvalue weighted by atomic mass is 79.9. The van der Waals surface area contributed by atoms with E-state index in [2.05, 4.69) is 15.9 Å². The molecule has 1 N–H and O–H groups in total. The number of carbonyl (C=O) groups is 2. The number of rotatable bonds is 5. The molecule has 172 valence electrons. The quantitative estimate of drug-likeness (QED) is 0.295. The Morgan fingerprint density at radius 2 is 1.65 bits per heavy atom. The van der Waals surface area contributed by atoms with Crippen LogP contribution in [0.3, 0.4) is 0 Å². The summed E-state index contributed by atoms with van der Waals surface area (Å²) in [4.78, 5) is 27.9. The van der Waals surface area contributed by atoms with Crippen molar-refractivity contribution in [3.8, 4) is 11.5 Å². The van der Waals surface area contributed by atoms with Gasteiger partial charge in [-0.3, -0.25) is 9.59 Å². The highest BCUT2D eigenvalue weighted by Crippen LogP contribution is 2.41. The molecule has 0 aliphatic carbocycles. The molecule has 2 aliphatic rings. The lowest BCUT2D eigenvalue weighted by molar-refractivity contribution is -0.139. The number of ketones is 1.